The van der Waals surface area contributed by atoms with Crippen LogP contribution in [-0.4, -0.2) is 41.8 Å². The lowest BCUT2D eigenvalue weighted by atomic mass is 9.88. The van der Waals surface area contributed by atoms with Crippen LogP contribution in [0.1, 0.15) is 54.4 Å². The zero-order chi connectivity index (χ0) is 16.2. The summed E-state index contributed by atoms with van der Waals surface area (Å²) in [5, 5.41) is 0. The summed E-state index contributed by atoms with van der Waals surface area (Å²) < 4.78 is 10.6. The largest absolute Gasteiger partial charge is 0.464 e. The first-order valence-corrected chi connectivity index (χ1v) is 7.87. The maximum atomic E-state index is 12.4. The number of carbonyl (C=O) groups is 2. The van der Waals surface area contributed by atoms with E-state index in [9.17, 15) is 9.59 Å². The molecule has 1 aliphatic rings. The predicted molar refractivity (Wildman–Crippen MR) is 80.9 cm³/mol. The first-order chi connectivity index (χ1) is 9.71. The van der Waals surface area contributed by atoms with Gasteiger partial charge in [-0.25, -0.2) is 9.59 Å². The summed E-state index contributed by atoms with van der Waals surface area (Å²) in [6.07, 6.45) is 1.46. The Labute approximate surface area is 128 Å². The number of hydrogen-bond acceptors (Lipinski definition) is 4. The van der Waals surface area contributed by atoms with E-state index in [0.717, 1.165) is 12.8 Å². The second-order valence-corrected chi connectivity index (χ2v) is 6.76. The lowest BCUT2D eigenvalue weighted by Crippen LogP contribution is -2.46. The summed E-state index contributed by atoms with van der Waals surface area (Å²) in [7, 11) is 0. The minimum absolute atomic E-state index is 0.140. The first-order valence-electron chi connectivity index (χ1n) is 7.87. The first kappa shape index (κ1) is 17.8. The maximum absolute atomic E-state index is 12.4. The molecule has 5 heteroatoms. The van der Waals surface area contributed by atoms with E-state index in [2.05, 4.69) is 13.8 Å². The van der Waals surface area contributed by atoms with Crippen LogP contribution in [0.15, 0.2) is 0 Å². The standard InChI is InChI=1S/C16H29NO4/c1-7-9-12-11(3)10-17(13(12)14(18)20-8-2)15(19)21-16(4,5)6/h11-13H,7-10H2,1-6H3. The predicted octanol–water partition coefficient (Wildman–Crippen LogP) is 3.22. The van der Waals surface area contributed by atoms with Gasteiger partial charge in [0, 0.05) is 6.54 Å². The number of nitrogens with zero attached hydrogens (tertiary/aromatic N) is 1. The van der Waals surface area contributed by atoms with Gasteiger partial charge in [-0.2, -0.15) is 0 Å². The topological polar surface area (TPSA) is 55.8 Å². The van der Waals surface area contributed by atoms with Crippen LogP contribution < -0.4 is 0 Å². The SMILES string of the molecule is CCCC1C(C)CN(C(=O)OC(C)(C)C)C1C(=O)OCC. The molecule has 1 amide bonds. The average Bonchev–Trinajstić information content (AvgIpc) is 2.66. The number of amides is 1. The van der Waals surface area contributed by atoms with Crippen molar-refractivity contribution in [1.29, 1.82) is 0 Å². The summed E-state index contributed by atoms with van der Waals surface area (Å²) >= 11 is 0. The molecule has 0 spiro atoms. The highest BCUT2D eigenvalue weighted by atomic mass is 16.6. The van der Waals surface area contributed by atoms with E-state index < -0.39 is 17.7 Å². The fraction of sp³-hybridized carbons (Fsp3) is 0.875. The number of rotatable bonds is 4. The van der Waals surface area contributed by atoms with Crippen LogP contribution in [-0.2, 0) is 14.3 Å². The second-order valence-electron chi connectivity index (χ2n) is 6.76. The van der Waals surface area contributed by atoms with Crippen molar-refractivity contribution in [2.24, 2.45) is 11.8 Å². The van der Waals surface area contributed by atoms with E-state index >= 15 is 0 Å². The monoisotopic (exact) mass is 299 g/mol. The Morgan fingerprint density at radius 1 is 1.24 bits per heavy atom. The molecule has 1 rings (SSSR count). The minimum Gasteiger partial charge on any atom is -0.464 e. The molecule has 0 aromatic rings. The van der Waals surface area contributed by atoms with Crippen LogP contribution in [0.25, 0.3) is 0 Å². The van der Waals surface area contributed by atoms with E-state index in [-0.39, 0.29) is 17.8 Å². The smallest absolute Gasteiger partial charge is 0.411 e. The molecule has 0 saturated carbocycles. The molecule has 1 heterocycles. The van der Waals surface area contributed by atoms with Gasteiger partial charge in [-0.15, -0.1) is 0 Å². The normalized spacial score (nSPS) is 25.8. The lowest BCUT2D eigenvalue weighted by Gasteiger charge is -2.29. The summed E-state index contributed by atoms with van der Waals surface area (Å²) in [4.78, 5) is 26.2. The number of ether oxygens (including phenoxy) is 2. The maximum Gasteiger partial charge on any atom is 0.411 e. The van der Waals surface area contributed by atoms with E-state index in [1.54, 1.807) is 11.8 Å². The van der Waals surface area contributed by atoms with Crippen molar-refractivity contribution < 1.29 is 19.1 Å². The molecule has 0 aromatic heterocycles. The number of hydrogen-bond donors (Lipinski definition) is 0. The summed E-state index contributed by atoms with van der Waals surface area (Å²) in [5.74, 6) is 0.0969. The van der Waals surface area contributed by atoms with Gasteiger partial charge in [0.25, 0.3) is 0 Å². The highest BCUT2D eigenvalue weighted by Crippen LogP contribution is 2.34. The third-order valence-electron chi connectivity index (χ3n) is 3.74. The van der Waals surface area contributed by atoms with Crippen molar-refractivity contribution in [1.82, 2.24) is 4.90 Å². The van der Waals surface area contributed by atoms with Crippen LogP contribution in [0.3, 0.4) is 0 Å². The van der Waals surface area contributed by atoms with Crippen LogP contribution in [0.2, 0.25) is 0 Å². The molecule has 122 valence electrons. The fourth-order valence-corrected chi connectivity index (χ4v) is 2.92. The zero-order valence-electron chi connectivity index (χ0n) is 14.1. The van der Waals surface area contributed by atoms with Gasteiger partial charge in [0.1, 0.15) is 11.6 Å². The quantitative estimate of drug-likeness (QED) is 0.748. The molecule has 3 atom stereocenters. The molecule has 5 nitrogen and oxygen atoms in total. The van der Waals surface area contributed by atoms with Crippen molar-refractivity contribution in [3.8, 4) is 0 Å². The van der Waals surface area contributed by atoms with Gasteiger partial charge >= 0.3 is 12.1 Å². The van der Waals surface area contributed by atoms with Crippen molar-refractivity contribution in [2.75, 3.05) is 13.2 Å². The molecular formula is C16H29NO4. The molecule has 0 aliphatic carbocycles. The lowest BCUT2D eigenvalue weighted by molar-refractivity contribution is -0.149. The van der Waals surface area contributed by atoms with Crippen LogP contribution in [0, 0.1) is 11.8 Å². The van der Waals surface area contributed by atoms with E-state index in [1.165, 1.54) is 0 Å². The van der Waals surface area contributed by atoms with Crippen molar-refractivity contribution in [3.05, 3.63) is 0 Å². The second kappa shape index (κ2) is 7.14. The Morgan fingerprint density at radius 2 is 1.86 bits per heavy atom. The van der Waals surface area contributed by atoms with Gasteiger partial charge < -0.3 is 9.47 Å². The van der Waals surface area contributed by atoms with Crippen molar-refractivity contribution in [3.63, 3.8) is 0 Å². The van der Waals surface area contributed by atoms with Gasteiger partial charge in [-0.05, 0) is 46.0 Å². The third-order valence-corrected chi connectivity index (χ3v) is 3.74. The van der Waals surface area contributed by atoms with Crippen molar-refractivity contribution >= 4 is 12.1 Å². The van der Waals surface area contributed by atoms with Crippen LogP contribution >= 0.6 is 0 Å². The third kappa shape index (κ3) is 4.61. The summed E-state index contributed by atoms with van der Waals surface area (Å²) in [5.41, 5.74) is -0.567. The molecule has 0 N–H and O–H groups in total. The average molecular weight is 299 g/mol. The zero-order valence-corrected chi connectivity index (χ0v) is 14.1. The number of esters is 1. The Morgan fingerprint density at radius 3 is 2.33 bits per heavy atom. The molecule has 3 unspecified atom stereocenters. The van der Waals surface area contributed by atoms with Crippen LogP contribution in [0.4, 0.5) is 4.79 Å². The van der Waals surface area contributed by atoms with Gasteiger partial charge in [0.05, 0.1) is 6.61 Å². The summed E-state index contributed by atoms with van der Waals surface area (Å²) in [6.45, 7) is 12.3. The molecule has 1 saturated heterocycles. The molecule has 1 fully saturated rings. The summed E-state index contributed by atoms with van der Waals surface area (Å²) in [6, 6.07) is -0.519. The van der Waals surface area contributed by atoms with Crippen molar-refractivity contribution in [2.45, 2.75) is 66.0 Å². The molecule has 0 radical (unpaired) electrons. The Bertz CT molecular complexity index is 375. The number of carbonyl (C=O) groups excluding carboxylic acids is 2. The van der Waals surface area contributed by atoms with Gasteiger partial charge in [-0.3, -0.25) is 4.90 Å². The van der Waals surface area contributed by atoms with Gasteiger partial charge in [0.2, 0.25) is 0 Å². The fourth-order valence-electron chi connectivity index (χ4n) is 2.92. The Hall–Kier alpha value is -1.26. The molecular weight excluding hydrogens is 270 g/mol. The highest BCUT2D eigenvalue weighted by Gasteiger charge is 2.47. The molecule has 0 bridgehead atoms. The van der Waals surface area contributed by atoms with E-state index in [1.807, 2.05) is 20.8 Å². The van der Waals surface area contributed by atoms with Crippen LogP contribution in [0.5, 0.6) is 0 Å². The Kier molecular flexibility index (Phi) is 6.05. The molecule has 1 aliphatic heterocycles. The number of likely N-dealkylation sites (tertiary alicyclic amines) is 1. The molecule has 21 heavy (non-hydrogen) atoms. The Balaban J connectivity index is 2.94. The minimum atomic E-state index is -0.567. The van der Waals surface area contributed by atoms with E-state index in [4.69, 9.17) is 9.47 Å². The van der Waals surface area contributed by atoms with Gasteiger partial charge in [-0.1, -0.05) is 20.3 Å². The van der Waals surface area contributed by atoms with Gasteiger partial charge in [0.15, 0.2) is 0 Å². The van der Waals surface area contributed by atoms with E-state index in [0.29, 0.717) is 13.2 Å². The highest BCUT2D eigenvalue weighted by molar-refractivity contribution is 5.82. The molecule has 0 aromatic carbocycles.